The summed E-state index contributed by atoms with van der Waals surface area (Å²) < 4.78 is 45.5. The molecule has 0 aromatic carbocycles. The van der Waals surface area contributed by atoms with Gasteiger partial charge in [0.1, 0.15) is 11.5 Å². The normalized spacial score (nSPS) is 23.2. The molecule has 1 aliphatic carbocycles. The molecule has 2 heterocycles. The van der Waals surface area contributed by atoms with Gasteiger partial charge >= 0.3 is 0 Å². The summed E-state index contributed by atoms with van der Waals surface area (Å²) >= 11 is 0. The minimum atomic E-state index is -2.66. The Kier molecular flexibility index (Phi) is 4.34. The molecule has 0 radical (unpaired) electrons. The van der Waals surface area contributed by atoms with Gasteiger partial charge in [0.05, 0.1) is 0 Å². The van der Waals surface area contributed by atoms with Crippen molar-refractivity contribution >= 4 is 5.91 Å². The summed E-state index contributed by atoms with van der Waals surface area (Å²) in [6.07, 6.45) is 0.196. The number of hydrogen-bond acceptors (Lipinski definition) is 3. The van der Waals surface area contributed by atoms with E-state index in [1.165, 1.54) is 12.1 Å². The first-order chi connectivity index (χ1) is 11.4. The number of halogens is 3. The number of rotatable bonds is 3. The molecule has 7 heteroatoms. The average molecular weight is 338 g/mol. The molecule has 2 atom stereocenters. The van der Waals surface area contributed by atoms with E-state index in [2.05, 4.69) is 4.98 Å². The summed E-state index contributed by atoms with van der Waals surface area (Å²) in [5.74, 6) is -1.78. The summed E-state index contributed by atoms with van der Waals surface area (Å²) in [4.78, 5) is 15.5. The Morgan fingerprint density at radius 3 is 2.83 bits per heavy atom. The molecule has 0 spiro atoms. The Morgan fingerprint density at radius 1 is 1.46 bits per heavy atom. The van der Waals surface area contributed by atoms with Gasteiger partial charge in [-0.2, -0.15) is 0 Å². The fourth-order valence-corrected chi connectivity index (χ4v) is 3.09. The zero-order valence-corrected chi connectivity index (χ0v) is 13.1. The fraction of sp³-hybridized carbons (Fsp3) is 0.412. The molecule has 1 aromatic heterocycles. The summed E-state index contributed by atoms with van der Waals surface area (Å²) in [7, 11) is 0. The van der Waals surface area contributed by atoms with Gasteiger partial charge < -0.3 is 10.5 Å². The van der Waals surface area contributed by atoms with E-state index in [9.17, 15) is 18.0 Å². The lowest BCUT2D eigenvalue weighted by molar-refractivity contribution is -0.00244. The highest BCUT2D eigenvalue weighted by Gasteiger charge is 2.33. The third kappa shape index (κ3) is 3.02. The number of aromatic nitrogens is 1. The van der Waals surface area contributed by atoms with E-state index >= 15 is 0 Å². The second-order valence-electron chi connectivity index (χ2n) is 6.04. The molecule has 1 amide bonds. The summed E-state index contributed by atoms with van der Waals surface area (Å²) in [6.45, 7) is 1.79. The van der Waals surface area contributed by atoms with Crippen LogP contribution in [-0.4, -0.2) is 23.4 Å². The number of allylic oxidation sites excluding steroid dienone is 4. The van der Waals surface area contributed by atoms with Gasteiger partial charge in [-0.15, -0.1) is 0 Å². The van der Waals surface area contributed by atoms with E-state index in [-0.39, 0.29) is 30.2 Å². The van der Waals surface area contributed by atoms with Gasteiger partial charge in [-0.1, -0.05) is 11.6 Å². The topological polar surface area (TPSA) is 65.2 Å². The van der Waals surface area contributed by atoms with Crippen molar-refractivity contribution in [2.45, 2.75) is 44.6 Å². The number of nitrogens with zero attached hydrogens (tertiary/aromatic N) is 1. The summed E-state index contributed by atoms with van der Waals surface area (Å²) in [5, 5.41) is 0. The monoisotopic (exact) mass is 338 g/mol. The lowest BCUT2D eigenvalue weighted by atomic mass is 9.84. The van der Waals surface area contributed by atoms with E-state index in [1.54, 1.807) is 6.92 Å². The van der Waals surface area contributed by atoms with Crippen LogP contribution in [0.1, 0.15) is 47.3 Å². The van der Waals surface area contributed by atoms with Crippen molar-refractivity contribution in [3.05, 3.63) is 46.4 Å². The average Bonchev–Trinajstić information content (AvgIpc) is 2.53. The van der Waals surface area contributed by atoms with Crippen LogP contribution in [0.15, 0.2) is 29.6 Å². The Hall–Kier alpha value is -2.31. The second-order valence-corrected chi connectivity index (χ2v) is 6.04. The van der Waals surface area contributed by atoms with Gasteiger partial charge in [0.2, 0.25) is 5.88 Å². The van der Waals surface area contributed by atoms with Crippen LogP contribution in [0.25, 0.3) is 0 Å². The zero-order valence-electron chi connectivity index (χ0n) is 13.1. The Balaban J connectivity index is 2.07. The predicted molar refractivity (Wildman–Crippen MR) is 81.8 cm³/mol. The number of ether oxygens (including phenoxy) is 1. The highest BCUT2D eigenvalue weighted by Crippen LogP contribution is 2.40. The number of amides is 1. The van der Waals surface area contributed by atoms with Crippen molar-refractivity contribution in [2.75, 3.05) is 0 Å². The molecule has 0 fully saturated rings. The zero-order chi connectivity index (χ0) is 17.4. The quantitative estimate of drug-likeness (QED) is 0.918. The molecule has 2 N–H and O–H groups in total. The number of nitrogens with two attached hydrogens (primary N) is 1. The van der Waals surface area contributed by atoms with Crippen molar-refractivity contribution < 1.29 is 22.7 Å². The number of pyridine rings is 1. The fourth-order valence-electron chi connectivity index (χ4n) is 3.09. The molecule has 1 unspecified atom stereocenters. The highest BCUT2D eigenvalue weighted by molar-refractivity contribution is 5.91. The van der Waals surface area contributed by atoms with E-state index in [0.29, 0.717) is 17.5 Å². The van der Waals surface area contributed by atoms with Crippen LogP contribution in [0.4, 0.5) is 13.2 Å². The number of fused-ring (bicyclic) bond motifs is 1. The Bertz CT molecular complexity index is 744. The van der Waals surface area contributed by atoms with Gasteiger partial charge in [0.25, 0.3) is 12.3 Å². The van der Waals surface area contributed by atoms with E-state index in [4.69, 9.17) is 10.5 Å². The third-order valence-electron chi connectivity index (χ3n) is 4.35. The molecule has 0 saturated heterocycles. The molecule has 2 aliphatic rings. The molecule has 4 nitrogen and oxygen atoms in total. The molecule has 128 valence electrons. The lowest BCUT2D eigenvalue weighted by Gasteiger charge is -2.29. The Morgan fingerprint density at radius 2 is 2.21 bits per heavy atom. The van der Waals surface area contributed by atoms with Crippen LogP contribution >= 0.6 is 0 Å². The SMILES string of the molecule is CC1=CCC(c2cc(C(N)=O)nc3c2CC[C@@H](C(F)F)O3)C(F)=C1. The summed E-state index contributed by atoms with van der Waals surface area (Å²) in [5.41, 5.74) is 7.07. The van der Waals surface area contributed by atoms with Gasteiger partial charge in [0.15, 0.2) is 6.10 Å². The maximum Gasteiger partial charge on any atom is 0.274 e. The maximum atomic E-state index is 14.4. The molecule has 3 rings (SSSR count). The molecule has 0 bridgehead atoms. The van der Waals surface area contributed by atoms with E-state index < -0.39 is 24.4 Å². The number of primary amides is 1. The van der Waals surface area contributed by atoms with Crippen LogP contribution in [-0.2, 0) is 6.42 Å². The molecule has 0 saturated carbocycles. The standard InChI is InChI=1S/C17H17F3N2O2/c1-8-2-3-9(12(18)6-8)11-7-13(16(21)23)22-17-10(11)4-5-14(24-17)15(19)20/h2,6-7,9,14-15H,3-5H2,1H3,(H2,21,23)/t9?,14-/m0/s1. The predicted octanol–water partition coefficient (Wildman–Crippen LogP) is 3.43. The number of carbonyl (C=O) groups is 1. The van der Waals surface area contributed by atoms with Crippen molar-refractivity contribution in [2.24, 2.45) is 5.73 Å². The highest BCUT2D eigenvalue weighted by atomic mass is 19.3. The molecule has 24 heavy (non-hydrogen) atoms. The summed E-state index contributed by atoms with van der Waals surface area (Å²) in [6, 6.07) is 1.44. The van der Waals surface area contributed by atoms with Crippen LogP contribution in [0.5, 0.6) is 5.88 Å². The molecule has 1 aromatic rings. The molecular weight excluding hydrogens is 321 g/mol. The van der Waals surface area contributed by atoms with Crippen molar-refractivity contribution in [3.8, 4) is 5.88 Å². The first-order valence-corrected chi connectivity index (χ1v) is 7.69. The number of alkyl halides is 2. The Labute approximate surface area is 137 Å². The first-order valence-electron chi connectivity index (χ1n) is 7.69. The van der Waals surface area contributed by atoms with Crippen molar-refractivity contribution in [1.82, 2.24) is 4.98 Å². The maximum absolute atomic E-state index is 14.4. The largest absolute Gasteiger partial charge is 0.468 e. The second kappa shape index (κ2) is 6.30. The van der Waals surface area contributed by atoms with Gasteiger partial charge in [-0.05, 0) is 43.9 Å². The van der Waals surface area contributed by atoms with E-state index in [0.717, 1.165) is 5.57 Å². The number of carbonyl (C=O) groups excluding carboxylic acids is 1. The van der Waals surface area contributed by atoms with Crippen LogP contribution in [0, 0.1) is 0 Å². The van der Waals surface area contributed by atoms with Crippen LogP contribution in [0.3, 0.4) is 0 Å². The third-order valence-corrected chi connectivity index (χ3v) is 4.35. The van der Waals surface area contributed by atoms with Gasteiger partial charge in [-0.25, -0.2) is 18.2 Å². The van der Waals surface area contributed by atoms with Crippen LogP contribution in [0.2, 0.25) is 0 Å². The molecular formula is C17H17F3N2O2. The van der Waals surface area contributed by atoms with Crippen LogP contribution < -0.4 is 10.5 Å². The first kappa shape index (κ1) is 16.5. The lowest BCUT2D eigenvalue weighted by Crippen LogP contribution is -2.31. The van der Waals surface area contributed by atoms with Crippen molar-refractivity contribution in [1.29, 1.82) is 0 Å². The number of hydrogen-bond donors (Lipinski definition) is 1. The van der Waals surface area contributed by atoms with Gasteiger partial charge in [-0.3, -0.25) is 4.79 Å². The van der Waals surface area contributed by atoms with Gasteiger partial charge in [0, 0.05) is 11.5 Å². The minimum Gasteiger partial charge on any atom is -0.468 e. The molecule has 1 aliphatic heterocycles. The van der Waals surface area contributed by atoms with Crippen molar-refractivity contribution in [3.63, 3.8) is 0 Å². The smallest absolute Gasteiger partial charge is 0.274 e. The minimum absolute atomic E-state index is 0.0445. The van der Waals surface area contributed by atoms with E-state index in [1.807, 2.05) is 6.08 Å².